The minimum absolute atomic E-state index is 0.0431. The minimum Gasteiger partial charge on any atom is -0.487 e. The van der Waals surface area contributed by atoms with Crippen LogP contribution in [0.25, 0.3) is 0 Å². The normalized spacial score (nSPS) is 19.9. The van der Waals surface area contributed by atoms with Crippen LogP contribution in [-0.4, -0.2) is 41.0 Å². The molecule has 1 amide bonds. The molecule has 2 atom stereocenters. The number of carbonyl (C=O) groups is 1. The topological polar surface area (TPSA) is 68.5 Å². The second-order valence-electron chi connectivity index (χ2n) is 5.25. The van der Waals surface area contributed by atoms with Crippen molar-refractivity contribution in [2.75, 3.05) is 13.1 Å². The molecule has 2 N–H and O–H groups in total. The number of nitrogens with zero attached hydrogens (tertiary/aromatic N) is 2. The largest absolute Gasteiger partial charge is 0.487 e. The summed E-state index contributed by atoms with van der Waals surface area (Å²) in [6, 6.07) is 3.35. The molecule has 0 aromatic carbocycles. The number of ether oxygens (including phenoxy) is 1. The van der Waals surface area contributed by atoms with Gasteiger partial charge >= 0.3 is 0 Å². The van der Waals surface area contributed by atoms with Crippen LogP contribution in [0.15, 0.2) is 24.5 Å². The molecule has 0 saturated carbocycles. The SMILES string of the molecule is CCCC[C@H](N)C(=O)N1CC[C@@H](Oc2cccnc2)C1. The van der Waals surface area contributed by atoms with Crippen molar-refractivity contribution in [1.29, 1.82) is 0 Å². The Morgan fingerprint density at radius 3 is 3.20 bits per heavy atom. The maximum Gasteiger partial charge on any atom is 0.239 e. The lowest BCUT2D eigenvalue weighted by Gasteiger charge is -2.21. The molecule has 0 aliphatic carbocycles. The minimum atomic E-state index is -0.368. The summed E-state index contributed by atoms with van der Waals surface area (Å²) in [4.78, 5) is 18.0. The summed E-state index contributed by atoms with van der Waals surface area (Å²) in [5.74, 6) is 0.804. The van der Waals surface area contributed by atoms with Crippen molar-refractivity contribution in [3.8, 4) is 5.75 Å². The summed E-state index contributed by atoms with van der Waals surface area (Å²) in [5, 5.41) is 0. The zero-order chi connectivity index (χ0) is 14.4. The molecule has 1 aliphatic heterocycles. The number of hydrogen-bond donors (Lipinski definition) is 1. The molecule has 1 aromatic rings. The van der Waals surface area contributed by atoms with Crippen LogP contribution in [0.4, 0.5) is 0 Å². The first-order chi connectivity index (χ1) is 9.70. The third kappa shape index (κ3) is 3.93. The first-order valence-corrected chi connectivity index (χ1v) is 7.31. The van der Waals surface area contributed by atoms with Gasteiger partial charge in [-0.1, -0.05) is 19.8 Å². The van der Waals surface area contributed by atoms with Gasteiger partial charge in [-0.3, -0.25) is 9.78 Å². The van der Waals surface area contributed by atoms with Crippen molar-refractivity contribution in [3.63, 3.8) is 0 Å². The van der Waals surface area contributed by atoms with Crippen molar-refractivity contribution in [2.24, 2.45) is 5.73 Å². The van der Waals surface area contributed by atoms with Crippen LogP contribution < -0.4 is 10.5 Å². The molecule has 20 heavy (non-hydrogen) atoms. The summed E-state index contributed by atoms with van der Waals surface area (Å²) in [6.07, 6.45) is 7.12. The number of hydrogen-bond acceptors (Lipinski definition) is 4. The quantitative estimate of drug-likeness (QED) is 0.857. The van der Waals surface area contributed by atoms with Crippen molar-refractivity contribution in [2.45, 2.75) is 44.8 Å². The van der Waals surface area contributed by atoms with Crippen LogP contribution >= 0.6 is 0 Å². The predicted octanol–water partition coefficient (Wildman–Crippen LogP) is 1.58. The van der Waals surface area contributed by atoms with Gasteiger partial charge in [-0.05, 0) is 18.6 Å². The summed E-state index contributed by atoms with van der Waals surface area (Å²) in [5.41, 5.74) is 5.94. The highest BCUT2D eigenvalue weighted by Gasteiger charge is 2.30. The van der Waals surface area contributed by atoms with Crippen LogP contribution in [0.1, 0.15) is 32.6 Å². The zero-order valence-corrected chi connectivity index (χ0v) is 12.0. The maximum absolute atomic E-state index is 12.2. The third-order valence-electron chi connectivity index (χ3n) is 3.58. The van der Waals surface area contributed by atoms with Gasteiger partial charge in [0.1, 0.15) is 11.9 Å². The van der Waals surface area contributed by atoms with Crippen molar-refractivity contribution in [3.05, 3.63) is 24.5 Å². The van der Waals surface area contributed by atoms with Gasteiger partial charge in [0.15, 0.2) is 0 Å². The van der Waals surface area contributed by atoms with Crippen LogP contribution in [-0.2, 0) is 4.79 Å². The molecule has 0 bridgehead atoms. The number of rotatable bonds is 6. The summed E-state index contributed by atoms with van der Waals surface area (Å²) < 4.78 is 5.82. The van der Waals surface area contributed by atoms with E-state index < -0.39 is 0 Å². The number of amides is 1. The first kappa shape index (κ1) is 14.8. The smallest absolute Gasteiger partial charge is 0.239 e. The highest BCUT2D eigenvalue weighted by atomic mass is 16.5. The van der Waals surface area contributed by atoms with Gasteiger partial charge in [0.2, 0.25) is 5.91 Å². The summed E-state index contributed by atoms with van der Waals surface area (Å²) >= 11 is 0. The van der Waals surface area contributed by atoms with Gasteiger partial charge in [-0.2, -0.15) is 0 Å². The second-order valence-corrected chi connectivity index (χ2v) is 5.25. The zero-order valence-electron chi connectivity index (χ0n) is 12.0. The molecule has 1 fully saturated rings. The van der Waals surface area contributed by atoms with Gasteiger partial charge in [0, 0.05) is 19.2 Å². The van der Waals surface area contributed by atoms with E-state index in [9.17, 15) is 4.79 Å². The van der Waals surface area contributed by atoms with Gasteiger partial charge in [-0.15, -0.1) is 0 Å². The Hall–Kier alpha value is -1.62. The Morgan fingerprint density at radius 1 is 1.65 bits per heavy atom. The number of pyridine rings is 1. The molecule has 2 rings (SSSR count). The lowest BCUT2D eigenvalue weighted by atomic mass is 10.1. The van der Waals surface area contributed by atoms with E-state index in [1.807, 2.05) is 17.0 Å². The summed E-state index contributed by atoms with van der Waals surface area (Å²) in [7, 11) is 0. The molecular weight excluding hydrogens is 254 g/mol. The van der Waals surface area contributed by atoms with E-state index in [1.54, 1.807) is 12.4 Å². The van der Waals surface area contributed by atoms with Gasteiger partial charge in [0.25, 0.3) is 0 Å². The van der Waals surface area contributed by atoms with Gasteiger partial charge in [-0.25, -0.2) is 0 Å². The van der Waals surface area contributed by atoms with E-state index in [2.05, 4.69) is 11.9 Å². The van der Waals surface area contributed by atoms with Crippen molar-refractivity contribution >= 4 is 5.91 Å². The molecule has 0 radical (unpaired) electrons. The number of aromatic nitrogens is 1. The van der Waals surface area contributed by atoms with E-state index in [0.29, 0.717) is 6.54 Å². The molecule has 110 valence electrons. The third-order valence-corrected chi connectivity index (χ3v) is 3.58. The lowest BCUT2D eigenvalue weighted by Crippen LogP contribution is -2.43. The fraction of sp³-hybridized carbons (Fsp3) is 0.600. The maximum atomic E-state index is 12.2. The highest BCUT2D eigenvalue weighted by molar-refractivity contribution is 5.81. The molecule has 5 heteroatoms. The van der Waals surface area contributed by atoms with Crippen molar-refractivity contribution < 1.29 is 9.53 Å². The molecule has 1 aromatic heterocycles. The molecule has 1 saturated heterocycles. The molecule has 5 nitrogen and oxygen atoms in total. The van der Waals surface area contributed by atoms with Gasteiger partial charge < -0.3 is 15.4 Å². The Bertz CT molecular complexity index is 424. The Balaban J connectivity index is 1.81. The fourth-order valence-electron chi connectivity index (χ4n) is 2.42. The van der Waals surface area contributed by atoms with E-state index in [-0.39, 0.29) is 18.1 Å². The average molecular weight is 277 g/mol. The Morgan fingerprint density at radius 2 is 2.50 bits per heavy atom. The monoisotopic (exact) mass is 277 g/mol. The first-order valence-electron chi connectivity index (χ1n) is 7.31. The second kappa shape index (κ2) is 7.24. The Kier molecular flexibility index (Phi) is 5.35. The number of carbonyl (C=O) groups excluding carboxylic acids is 1. The molecule has 0 spiro atoms. The number of nitrogens with two attached hydrogens (primary N) is 1. The standard InChI is InChI=1S/C15H23N3O2/c1-2-3-6-14(16)15(19)18-9-7-13(11-18)20-12-5-4-8-17-10-12/h4-5,8,10,13-14H,2-3,6-7,9,11,16H2,1H3/t13-,14+/m1/s1. The van der Waals surface area contributed by atoms with E-state index in [1.165, 1.54) is 0 Å². The molecule has 0 unspecified atom stereocenters. The summed E-state index contributed by atoms with van der Waals surface area (Å²) in [6.45, 7) is 3.45. The number of unbranched alkanes of at least 4 members (excludes halogenated alkanes) is 1. The van der Waals surface area contributed by atoms with E-state index in [0.717, 1.165) is 38.0 Å². The lowest BCUT2D eigenvalue weighted by molar-refractivity contribution is -0.132. The fourth-order valence-corrected chi connectivity index (χ4v) is 2.42. The average Bonchev–Trinajstić information content (AvgIpc) is 2.93. The Labute approximate surface area is 120 Å². The van der Waals surface area contributed by atoms with Gasteiger partial charge in [0.05, 0.1) is 18.8 Å². The molecule has 2 heterocycles. The molecular formula is C15H23N3O2. The molecule has 1 aliphatic rings. The van der Waals surface area contributed by atoms with E-state index >= 15 is 0 Å². The van der Waals surface area contributed by atoms with Crippen LogP contribution in [0.2, 0.25) is 0 Å². The van der Waals surface area contributed by atoms with Crippen LogP contribution in [0.5, 0.6) is 5.75 Å². The highest BCUT2D eigenvalue weighted by Crippen LogP contribution is 2.18. The van der Waals surface area contributed by atoms with Crippen molar-refractivity contribution in [1.82, 2.24) is 9.88 Å². The van der Waals surface area contributed by atoms with E-state index in [4.69, 9.17) is 10.5 Å². The number of likely N-dealkylation sites (tertiary alicyclic amines) is 1. The van der Waals surface area contributed by atoms with Crippen LogP contribution in [0.3, 0.4) is 0 Å². The van der Waals surface area contributed by atoms with Crippen LogP contribution in [0, 0.1) is 0 Å². The predicted molar refractivity (Wildman–Crippen MR) is 77.4 cm³/mol.